The first-order chi connectivity index (χ1) is 10.2. The molecule has 1 fully saturated rings. The lowest BCUT2D eigenvalue weighted by molar-refractivity contribution is -0.134. The van der Waals surface area contributed by atoms with Crippen LogP contribution in [0.15, 0.2) is 30.3 Å². The fourth-order valence-electron chi connectivity index (χ4n) is 2.86. The van der Waals surface area contributed by atoms with Crippen LogP contribution >= 0.6 is 0 Å². The molecule has 0 bridgehead atoms. The maximum absolute atomic E-state index is 12.8. The molecule has 1 aliphatic heterocycles. The molecule has 0 aromatic heterocycles. The van der Waals surface area contributed by atoms with Crippen molar-refractivity contribution >= 4 is 5.91 Å². The van der Waals surface area contributed by atoms with Crippen LogP contribution in [-0.2, 0) is 11.2 Å². The quantitative estimate of drug-likeness (QED) is 0.873. The molecular formula is C18H28N2O. The lowest BCUT2D eigenvalue weighted by Crippen LogP contribution is -2.51. The Morgan fingerprint density at radius 1 is 1.19 bits per heavy atom. The lowest BCUT2D eigenvalue weighted by atomic mass is 10.0. The van der Waals surface area contributed by atoms with Crippen LogP contribution < -0.4 is 5.32 Å². The van der Waals surface area contributed by atoms with Crippen LogP contribution in [0, 0.1) is 0 Å². The Kier molecular flexibility index (Phi) is 6.24. The molecule has 0 aliphatic carbocycles. The summed E-state index contributed by atoms with van der Waals surface area (Å²) in [5, 5.41) is 3.52. The number of likely N-dealkylation sites (tertiary alicyclic amines) is 1. The summed E-state index contributed by atoms with van der Waals surface area (Å²) in [6.45, 7) is 6.16. The second kappa shape index (κ2) is 8.18. The molecular weight excluding hydrogens is 260 g/mol. The molecule has 1 aromatic carbocycles. The van der Waals surface area contributed by atoms with Crippen molar-refractivity contribution in [3.05, 3.63) is 35.9 Å². The molecule has 1 unspecified atom stereocenters. The van der Waals surface area contributed by atoms with Gasteiger partial charge in [-0.05, 0) is 44.6 Å². The van der Waals surface area contributed by atoms with Gasteiger partial charge in [0.2, 0.25) is 5.91 Å². The molecule has 3 heteroatoms. The Labute approximate surface area is 128 Å². The lowest BCUT2D eigenvalue weighted by Gasteiger charge is -2.32. The summed E-state index contributed by atoms with van der Waals surface area (Å²) in [6.07, 6.45) is 5.37. The van der Waals surface area contributed by atoms with Gasteiger partial charge >= 0.3 is 0 Å². The zero-order valence-electron chi connectivity index (χ0n) is 13.3. The molecule has 0 radical (unpaired) electrons. The molecule has 1 aromatic rings. The Balaban J connectivity index is 2.05. The maximum atomic E-state index is 12.8. The largest absolute Gasteiger partial charge is 0.341 e. The molecule has 21 heavy (non-hydrogen) atoms. The van der Waals surface area contributed by atoms with Gasteiger partial charge in [0.1, 0.15) is 0 Å². The van der Waals surface area contributed by atoms with Crippen LogP contribution in [0.25, 0.3) is 0 Å². The van der Waals surface area contributed by atoms with E-state index in [0.717, 1.165) is 38.8 Å². The molecule has 2 atom stereocenters. The van der Waals surface area contributed by atoms with Crippen molar-refractivity contribution in [2.24, 2.45) is 0 Å². The molecule has 1 amide bonds. The number of nitrogens with zero attached hydrogens (tertiary/aromatic N) is 1. The van der Waals surface area contributed by atoms with E-state index in [-0.39, 0.29) is 11.9 Å². The summed E-state index contributed by atoms with van der Waals surface area (Å²) in [5.74, 6) is 0.277. The fourth-order valence-corrected chi connectivity index (χ4v) is 2.86. The fraction of sp³-hybridized carbons (Fsp3) is 0.611. The maximum Gasteiger partial charge on any atom is 0.240 e. The van der Waals surface area contributed by atoms with Gasteiger partial charge < -0.3 is 10.2 Å². The molecule has 1 saturated heterocycles. The van der Waals surface area contributed by atoms with E-state index in [0.29, 0.717) is 6.04 Å². The predicted molar refractivity (Wildman–Crippen MR) is 87.3 cm³/mol. The SMILES string of the molecule is CCC(C)N[C@@H](Cc1ccccc1)C(=O)N1CCCCC1. The van der Waals surface area contributed by atoms with Gasteiger partial charge in [-0.1, -0.05) is 37.3 Å². The number of hydrogen-bond acceptors (Lipinski definition) is 2. The molecule has 2 rings (SSSR count). The summed E-state index contributed by atoms with van der Waals surface area (Å²) < 4.78 is 0. The predicted octanol–water partition coefficient (Wildman–Crippen LogP) is 3.00. The van der Waals surface area contributed by atoms with E-state index in [1.807, 2.05) is 23.1 Å². The molecule has 0 saturated carbocycles. The highest BCUT2D eigenvalue weighted by molar-refractivity contribution is 5.82. The highest BCUT2D eigenvalue weighted by atomic mass is 16.2. The Morgan fingerprint density at radius 3 is 2.48 bits per heavy atom. The van der Waals surface area contributed by atoms with Gasteiger partial charge in [-0.2, -0.15) is 0 Å². The second-order valence-corrected chi connectivity index (χ2v) is 6.10. The summed E-state index contributed by atoms with van der Waals surface area (Å²) in [4.78, 5) is 14.9. The smallest absolute Gasteiger partial charge is 0.240 e. The number of benzene rings is 1. The monoisotopic (exact) mass is 288 g/mol. The Bertz CT molecular complexity index is 426. The van der Waals surface area contributed by atoms with Crippen molar-refractivity contribution < 1.29 is 4.79 Å². The van der Waals surface area contributed by atoms with Gasteiger partial charge in [-0.15, -0.1) is 0 Å². The van der Waals surface area contributed by atoms with Gasteiger partial charge in [-0.25, -0.2) is 0 Å². The van der Waals surface area contributed by atoms with E-state index in [4.69, 9.17) is 0 Å². The zero-order chi connectivity index (χ0) is 15.1. The minimum Gasteiger partial charge on any atom is -0.341 e. The normalized spacial score (nSPS) is 18.3. The third kappa shape index (κ3) is 4.85. The number of piperidine rings is 1. The van der Waals surface area contributed by atoms with Crippen molar-refractivity contribution in [2.75, 3.05) is 13.1 Å². The van der Waals surface area contributed by atoms with Crippen molar-refractivity contribution in [3.63, 3.8) is 0 Å². The second-order valence-electron chi connectivity index (χ2n) is 6.10. The molecule has 0 spiro atoms. The zero-order valence-corrected chi connectivity index (χ0v) is 13.3. The van der Waals surface area contributed by atoms with Gasteiger partial charge in [-0.3, -0.25) is 4.79 Å². The van der Waals surface area contributed by atoms with Crippen molar-refractivity contribution in [1.82, 2.24) is 10.2 Å². The van der Waals surface area contributed by atoms with Crippen molar-refractivity contribution in [2.45, 2.75) is 58.0 Å². The first-order valence-corrected chi connectivity index (χ1v) is 8.29. The molecule has 116 valence electrons. The van der Waals surface area contributed by atoms with E-state index in [9.17, 15) is 4.79 Å². The molecule has 3 nitrogen and oxygen atoms in total. The number of nitrogens with one attached hydrogen (secondary N) is 1. The Morgan fingerprint density at radius 2 is 1.86 bits per heavy atom. The van der Waals surface area contributed by atoms with Crippen LogP contribution in [-0.4, -0.2) is 36.0 Å². The molecule has 1 aliphatic rings. The van der Waals surface area contributed by atoms with Crippen LogP contribution in [0.5, 0.6) is 0 Å². The Hall–Kier alpha value is -1.35. The van der Waals surface area contributed by atoms with Crippen LogP contribution in [0.3, 0.4) is 0 Å². The number of carbonyl (C=O) groups is 1. The minimum atomic E-state index is -0.0968. The summed E-state index contributed by atoms with van der Waals surface area (Å²) in [7, 11) is 0. The first-order valence-electron chi connectivity index (χ1n) is 8.29. The van der Waals surface area contributed by atoms with Crippen LogP contribution in [0.4, 0.5) is 0 Å². The van der Waals surface area contributed by atoms with Gasteiger partial charge in [0.25, 0.3) is 0 Å². The third-order valence-electron chi connectivity index (χ3n) is 4.35. The van der Waals surface area contributed by atoms with E-state index >= 15 is 0 Å². The average molecular weight is 288 g/mol. The summed E-state index contributed by atoms with van der Waals surface area (Å²) in [6, 6.07) is 10.6. The van der Waals surface area contributed by atoms with Crippen LogP contribution in [0.1, 0.15) is 45.1 Å². The van der Waals surface area contributed by atoms with Gasteiger partial charge in [0.05, 0.1) is 6.04 Å². The first kappa shape index (κ1) is 16.0. The topological polar surface area (TPSA) is 32.3 Å². The molecule has 1 N–H and O–H groups in total. The number of hydrogen-bond donors (Lipinski definition) is 1. The highest BCUT2D eigenvalue weighted by Crippen LogP contribution is 2.13. The van der Waals surface area contributed by atoms with Crippen molar-refractivity contribution in [1.29, 1.82) is 0 Å². The van der Waals surface area contributed by atoms with E-state index in [1.165, 1.54) is 12.0 Å². The molecule has 1 heterocycles. The van der Waals surface area contributed by atoms with Gasteiger partial charge in [0.15, 0.2) is 0 Å². The van der Waals surface area contributed by atoms with E-state index in [2.05, 4.69) is 31.3 Å². The summed E-state index contributed by atoms with van der Waals surface area (Å²) >= 11 is 0. The number of carbonyl (C=O) groups excluding carboxylic acids is 1. The van der Waals surface area contributed by atoms with E-state index < -0.39 is 0 Å². The number of rotatable bonds is 6. The standard InChI is InChI=1S/C18H28N2O/c1-3-15(2)19-17(14-16-10-6-4-7-11-16)18(21)20-12-8-5-9-13-20/h4,6-7,10-11,15,17,19H,3,5,8-9,12-14H2,1-2H3/t15?,17-/m0/s1. The van der Waals surface area contributed by atoms with Crippen LogP contribution in [0.2, 0.25) is 0 Å². The highest BCUT2D eigenvalue weighted by Gasteiger charge is 2.26. The minimum absolute atomic E-state index is 0.0968. The average Bonchev–Trinajstić information content (AvgIpc) is 2.55. The van der Waals surface area contributed by atoms with Gasteiger partial charge in [0, 0.05) is 19.1 Å². The third-order valence-corrected chi connectivity index (χ3v) is 4.35. The van der Waals surface area contributed by atoms with E-state index in [1.54, 1.807) is 0 Å². The summed E-state index contributed by atoms with van der Waals surface area (Å²) in [5.41, 5.74) is 1.23. The number of amides is 1. The van der Waals surface area contributed by atoms with Crippen molar-refractivity contribution in [3.8, 4) is 0 Å².